The lowest BCUT2D eigenvalue weighted by atomic mass is 10.1. The maximum atomic E-state index is 12.5. The van der Waals surface area contributed by atoms with Crippen molar-refractivity contribution in [3.8, 4) is 5.75 Å². The van der Waals surface area contributed by atoms with Crippen LogP contribution in [0.4, 0.5) is 5.69 Å². The molecular formula is C22H19N3O4. The Morgan fingerprint density at radius 1 is 0.897 bits per heavy atom. The predicted octanol–water partition coefficient (Wildman–Crippen LogP) is 3.19. The third kappa shape index (κ3) is 5.49. The highest BCUT2D eigenvalue weighted by Crippen LogP contribution is 2.17. The third-order valence-corrected chi connectivity index (χ3v) is 4.01. The van der Waals surface area contributed by atoms with Gasteiger partial charge in [-0.3, -0.25) is 19.4 Å². The number of rotatable bonds is 6. The molecule has 1 heterocycles. The first kappa shape index (κ1) is 19.8. The van der Waals surface area contributed by atoms with Gasteiger partial charge in [-0.1, -0.05) is 24.3 Å². The van der Waals surface area contributed by atoms with Gasteiger partial charge in [0.1, 0.15) is 5.75 Å². The number of hydrogen-bond donors (Lipinski definition) is 2. The van der Waals surface area contributed by atoms with Gasteiger partial charge in [0.2, 0.25) is 0 Å². The number of nitrogens with zero attached hydrogens (tertiary/aromatic N) is 1. The van der Waals surface area contributed by atoms with E-state index < -0.39 is 5.97 Å². The SMILES string of the molecule is CC(=O)Oc1cccc(C(=O)NCc2ccccc2NC(=O)c2ccncc2)c1. The molecule has 0 aliphatic heterocycles. The molecule has 2 N–H and O–H groups in total. The van der Waals surface area contributed by atoms with Crippen molar-refractivity contribution in [1.82, 2.24) is 10.3 Å². The van der Waals surface area contributed by atoms with E-state index in [1.54, 1.807) is 54.9 Å². The molecule has 0 aliphatic rings. The van der Waals surface area contributed by atoms with E-state index in [4.69, 9.17) is 4.74 Å². The summed E-state index contributed by atoms with van der Waals surface area (Å²) in [5, 5.41) is 5.65. The smallest absolute Gasteiger partial charge is 0.308 e. The molecule has 0 saturated heterocycles. The number of anilines is 1. The van der Waals surface area contributed by atoms with E-state index in [1.807, 2.05) is 12.1 Å². The van der Waals surface area contributed by atoms with E-state index in [1.165, 1.54) is 13.0 Å². The summed E-state index contributed by atoms with van der Waals surface area (Å²) in [7, 11) is 0. The third-order valence-electron chi connectivity index (χ3n) is 4.01. The summed E-state index contributed by atoms with van der Waals surface area (Å²) in [5.74, 6) is -0.744. The molecule has 2 amide bonds. The Labute approximate surface area is 167 Å². The fraction of sp³-hybridized carbons (Fsp3) is 0.0909. The Kier molecular flexibility index (Phi) is 6.32. The summed E-state index contributed by atoms with van der Waals surface area (Å²) < 4.78 is 5.00. The van der Waals surface area contributed by atoms with Crippen LogP contribution in [-0.2, 0) is 11.3 Å². The molecule has 1 aromatic heterocycles. The van der Waals surface area contributed by atoms with Crippen LogP contribution in [0.3, 0.4) is 0 Å². The zero-order valence-corrected chi connectivity index (χ0v) is 15.7. The number of esters is 1. The Morgan fingerprint density at radius 2 is 1.66 bits per heavy atom. The lowest BCUT2D eigenvalue weighted by Gasteiger charge is -2.12. The molecule has 0 fully saturated rings. The number of aromatic nitrogens is 1. The van der Waals surface area contributed by atoms with Crippen molar-refractivity contribution >= 4 is 23.5 Å². The number of amides is 2. The van der Waals surface area contributed by atoms with Gasteiger partial charge >= 0.3 is 5.97 Å². The number of ether oxygens (including phenoxy) is 1. The van der Waals surface area contributed by atoms with Crippen molar-refractivity contribution in [2.24, 2.45) is 0 Å². The largest absolute Gasteiger partial charge is 0.427 e. The molecule has 2 aromatic carbocycles. The molecule has 0 atom stereocenters. The molecule has 0 aliphatic carbocycles. The van der Waals surface area contributed by atoms with Crippen molar-refractivity contribution < 1.29 is 19.1 Å². The van der Waals surface area contributed by atoms with Crippen LogP contribution in [0.1, 0.15) is 33.2 Å². The van der Waals surface area contributed by atoms with Crippen molar-refractivity contribution in [2.45, 2.75) is 13.5 Å². The number of carbonyl (C=O) groups excluding carboxylic acids is 3. The van der Waals surface area contributed by atoms with E-state index in [0.29, 0.717) is 22.6 Å². The lowest BCUT2D eigenvalue weighted by Crippen LogP contribution is -2.24. The van der Waals surface area contributed by atoms with Crippen molar-refractivity contribution in [2.75, 3.05) is 5.32 Å². The van der Waals surface area contributed by atoms with Crippen LogP contribution in [0.2, 0.25) is 0 Å². The van der Waals surface area contributed by atoms with Crippen molar-refractivity contribution in [3.63, 3.8) is 0 Å². The maximum absolute atomic E-state index is 12.5. The van der Waals surface area contributed by atoms with Gasteiger partial charge in [-0.25, -0.2) is 0 Å². The molecule has 29 heavy (non-hydrogen) atoms. The fourth-order valence-corrected chi connectivity index (χ4v) is 2.64. The highest BCUT2D eigenvalue weighted by molar-refractivity contribution is 6.04. The highest BCUT2D eigenvalue weighted by Gasteiger charge is 2.11. The molecule has 0 spiro atoms. The minimum atomic E-state index is -0.457. The first-order valence-corrected chi connectivity index (χ1v) is 8.89. The highest BCUT2D eigenvalue weighted by atomic mass is 16.5. The zero-order chi connectivity index (χ0) is 20.6. The summed E-state index contributed by atoms with van der Waals surface area (Å²) >= 11 is 0. The lowest BCUT2D eigenvalue weighted by molar-refractivity contribution is -0.131. The fourth-order valence-electron chi connectivity index (χ4n) is 2.64. The minimum absolute atomic E-state index is 0.212. The molecule has 7 nitrogen and oxygen atoms in total. The van der Waals surface area contributed by atoms with Gasteiger partial charge < -0.3 is 15.4 Å². The van der Waals surface area contributed by atoms with E-state index in [-0.39, 0.29) is 18.4 Å². The van der Waals surface area contributed by atoms with Crippen LogP contribution in [0.25, 0.3) is 0 Å². The number of hydrogen-bond acceptors (Lipinski definition) is 5. The molecule has 3 rings (SSSR count). The number of para-hydroxylation sites is 1. The average Bonchev–Trinajstić information content (AvgIpc) is 2.73. The zero-order valence-electron chi connectivity index (χ0n) is 15.7. The predicted molar refractivity (Wildman–Crippen MR) is 108 cm³/mol. The topological polar surface area (TPSA) is 97.4 Å². The molecular weight excluding hydrogens is 370 g/mol. The van der Waals surface area contributed by atoms with Gasteiger partial charge in [0.05, 0.1) is 0 Å². The van der Waals surface area contributed by atoms with Crippen molar-refractivity contribution in [1.29, 1.82) is 0 Å². The maximum Gasteiger partial charge on any atom is 0.308 e. The Balaban J connectivity index is 1.67. The molecule has 0 unspecified atom stereocenters. The van der Waals surface area contributed by atoms with Crippen LogP contribution in [0, 0.1) is 0 Å². The van der Waals surface area contributed by atoms with Gasteiger partial charge in [-0.05, 0) is 42.0 Å². The monoisotopic (exact) mass is 389 g/mol. The van der Waals surface area contributed by atoms with Gasteiger partial charge in [0, 0.05) is 42.7 Å². The van der Waals surface area contributed by atoms with Crippen LogP contribution in [-0.4, -0.2) is 22.8 Å². The summed E-state index contributed by atoms with van der Waals surface area (Å²) in [4.78, 5) is 39.8. The molecule has 3 aromatic rings. The summed E-state index contributed by atoms with van der Waals surface area (Å²) in [6.45, 7) is 1.51. The van der Waals surface area contributed by atoms with Crippen molar-refractivity contribution in [3.05, 3.63) is 89.7 Å². The van der Waals surface area contributed by atoms with E-state index in [9.17, 15) is 14.4 Å². The van der Waals surface area contributed by atoms with Crippen LogP contribution in [0.15, 0.2) is 73.1 Å². The van der Waals surface area contributed by atoms with E-state index in [2.05, 4.69) is 15.6 Å². The van der Waals surface area contributed by atoms with Gasteiger partial charge in [-0.15, -0.1) is 0 Å². The van der Waals surface area contributed by atoms with Gasteiger partial charge in [-0.2, -0.15) is 0 Å². The summed E-state index contributed by atoms with van der Waals surface area (Å²) in [6, 6.07) is 16.8. The van der Waals surface area contributed by atoms with E-state index in [0.717, 1.165) is 5.56 Å². The number of benzene rings is 2. The van der Waals surface area contributed by atoms with Gasteiger partial charge in [0.15, 0.2) is 0 Å². The number of nitrogens with one attached hydrogen (secondary N) is 2. The van der Waals surface area contributed by atoms with Crippen LogP contribution in [0.5, 0.6) is 5.75 Å². The summed E-state index contributed by atoms with van der Waals surface area (Å²) in [5.41, 5.74) is 2.20. The normalized spacial score (nSPS) is 10.1. The Hall–Kier alpha value is -4.00. The standard InChI is InChI=1S/C22H19N3O4/c1-15(26)29-19-7-4-6-17(13-19)21(27)24-14-18-5-2-3-8-20(18)25-22(28)16-9-11-23-12-10-16/h2-13H,14H2,1H3,(H,24,27)(H,25,28). The Bertz CT molecular complexity index is 1030. The number of pyridine rings is 1. The first-order valence-electron chi connectivity index (χ1n) is 8.89. The second-order valence-corrected chi connectivity index (χ2v) is 6.15. The second-order valence-electron chi connectivity index (χ2n) is 6.15. The molecule has 0 saturated carbocycles. The average molecular weight is 389 g/mol. The minimum Gasteiger partial charge on any atom is -0.427 e. The summed E-state index contributed by atoms with van der Waals surface area (Å²) in [6.07, 6.45) is 3.09. The first-order chi connectivity index (χ1) is 14.0. The molecule has 0 bridgehead atoms. The quantitative estimate of drug-likeness (QED) is 0.498. The Morgan fingerprint density at radius 3 is 2.41 bits per heavy atom. The molecule has 7 heteroatoms. The van der Waals surface area contributed by atoms with E-state index >= 15 is 0 Å². The second kappa shape index (κ2) is 9.27. The molecule has 0 radical (unpaired) electrons. The van der Waals surface area contributed by atoms with Crippen LogP contribution < -0.4 is 15.4 Å². The molecule has 146 valence electrons. The number of carbonyl (C=O) groups is 3. The van der Waals surface area contributed by atoms with Crippen LogP contribution >= 0.6 is 0 Å². The van der Waals surface area contributed by atoms with Gasteiger partial charge in [0.25, 0.3) is 11.8 Å².